The van der Waals surface area contributed by atoms with Gasteiger partial charge in [0.05, 0.1) is 23.5 Å². The third kappa shape index (κ3) is 2.37. The monoisotopic (exact) mass is 271 g/mol. The molecule has 2 aromatic rings. The van der Waals surface area contributed by atoms with Gasteiger partial charge in [0.15, 0.2) is 0 Å². The molecule has 3 rings (SSSR count). The van der Waals surface area contributed by atoms with Gasteiger partial charge in [0.2, 0.25) is 0 Å². The molecule has 20 heavy (non-hydrogen) atoms. The zero-order valence-electron chi connectivity index (χ0n) is 12.0. The lowest BCUT2D eigenvalue weighted by Gasteiger charge is -2.32. The predicted molar refractivity (Wildman–Crippen MR) is 79.0 cm³/mol. The average Bonchev–Trinajstić information content (AvgIpc) is 3.11. The summed E-state index contributed by atoms with van der Waals surface area (Å²) in [5.41, 5.74) is 2.10. The third-order valence-corrected chi connectivity index (χ3v) is 4.11. The van der Waals surface area contributed by atoms with Gasteiger partial charge in [0.1, 0.15) is 0 Å². The molecule has 2 unspecified atom stereocenters. The fraction of sp³-hybridized carbons (Fsp3) is 0.438. The molecule has 1 saturated heterocycles. The molecule has 1 aliphatic heterocycles. The van der Waals surface area contributed by atoms with E-state index in [1.165, 1.54) is 5.56 Å². The third-order valence-electron chi connectivity index (χ3n) is 4.11. The van der Waals surface area contributed by atoms with E-state index in [2.05, 4.69) is 35.7 Å². The molecule has 0 amide bonds. The summed E-state index contributed by atoms with van der Waals surface area (Å²) < 4.78 is 7.88. The van der Waals surface area contributed by atoms with Crippen molar-refractivity contribution in [2.75, 3.05) is 13.7 Å². The molecule has 0 aliphatic carbocycles. The van der Waals surface area contributed by atoms with Crippen molar-refractivity contribution in [1.29, 1.82) is 0 Å². The number of aromatic nitrogens is 2. The number of hydrogen-bond donors (Lipinski definition) is 1. The van der Waals surface area contributed by atoms with E-state index in [1.54, 1.807) is 0 Å². The molecule has 1 N–H and O–H groups in total. The standard InChI is InChI=1S/C16H21N3O/c1-16(9-6-10-20-16)15(17-2)13-11-18-19(12-13)14-7-4-3-5-8-14/h3-5,7-8,11-12,15,17H,6,9-10H2,1-2H3. The Kier molecular flexibility index (Phi) is 3.59. The number of para-hydroxylation sites is 1. The van der Waals surface area contributed by atoms with Crippen molar-refractivity contribution in [2.24, 2.45) is 0 Å². The fourth-order valence-corrected chi connectivity index (χ4v) is 3.06. The second-order valence-corrected chi connectivity index (χ2v) is 5.54. The molecule has 2 heterocycles. The average molecular weight is 271 g/mol. The van der Waals surface area contributed by atoms with Crippen LogP contribution in [0, 0.1) is 0 Å². The highest BCUT2D eigenvalue weighted by molar-refractivity contribution is 5.32. The minimum Gasteiger partial charge on any atom is -0.373 e. The Morgan fingerprint density at radius 1 is 1.35 bits per heavy atom. The van der Waals surface area contributed by atoms with Crippen LogP contribution in [0.4, 0.5) is 0 Å². The van der Waals surface area contributed by atoms with Gasteiger partial charge in [-0.3, -0.25) is 0 Å². The van der Waals surface area contributed by atoms with Crippen LogP contribution in [0.2, 0.25) is 0 Å². The van der Waals surface area contributed by atoms with Crippen LogP contribution in [0.3, 0.4) is 0 Å². The van der Waals surface area contributed by atoms with Crippen molar-refractivity contribution in [2.45, 2.75) is 31.4 Å². The second kappa shape index (κ2) is 5.38. The van der Waals surface area contributed by atoms with E-state index in [9.17, 15) is 0 Å². The highest BCUT2D eigenvalue weighted by Crippen LogP contribution is 2.37. The zero-order valence-corrected chi connectivity index (χ0v) is 12.0. The van der Waals surface area contributed by atoms with E-state index in [0.29, 0.717) is 0 Å². The molecule has 0 saturated carbocycles. The number of ether oxygens (including phenoxy) is 1. The smallest absolute Gasteiger partial charge is 0.0850 e. The first kappa shape index (κ1) is 13.3. The Hall–Kier alpha value is -1.65. The van der Waals surface area contributed by atoms with E-state index >= 15 is 0 Å². The molecule has 1 fully saturated rings. The first-order chi connectivity index (χ1) is 9.73. The summed E-state index contributed by atoms with van der Waals surface area (Å²) in [6, 6.07) is 10.3. The van der Waals surface area contributed by atoms with Crippen LogP contribution < -0.4 is 5.32 Å². The van der Waals surface area contributed by atoms with Crippen LogP contribution in [0.25, 0.3) is 5.69 Å². The zero-order chi connectivity index (χ0) is 14.0. The van der Waals surface area contributed by atoms with Gasteiger partial charge in [0, 0.05) is 18.4 Å². The van der Waals surface area contributed by atoms with E-state index in [0.717, 1.165) is 25.1 Å². The van der Waals surface area contributed by atoms with Gasteiger partial charge in [-0.15, -0.1) is 0 Å². The van der Waals surface area contributed by atoms with Crippen molar-refractivity contribution in [3.05, 3.63) is 48.3 Å². The van der Waals surface area contributed by atoms with Crippen molar-refractivity contribution in [3.8, 4) is 5.69 Å². The lowest BCUT2D eigenvalue weighted by atomic mass is 9.89. The number of hydrogen-bond acceptors (Lipinski definition) is 3. The minimum atomic E-state index is -0.140. The Balaban J connectivity index is 1.88. The van der Waals surface area contributed by atoms with Gasteiger partial charge in [-0.1, -0.05) is 18.2 Å². The maximum Gasteiger partial charge on any atom is 0.0850 e. The molecular formula is C16H21N3O. The van der Waals surface area contributed by atoms with Gasteiger partial charge < -0.3 is 10.1 Å². The number of nitrogens with one attached hydrogen (secondary N) is 1. The minimum absolute atomic E-state index is 0.140. The van der Waals surface area contributed by atoms with Crippen LogP contribution >= 0.6 is 0 Å². The molecule has 4 nitrogen and oxygen atoms in total. The highest BCUT2D eigenvalue weighted by atomic mass is 16.5. The summed E-state index contributed by atoms with van der Waals surface area (Å²) >= 11 is 0. The molecule has 2 atom stereocenters. The van der Waals surface area contributed by atoms with Crippen LogP contribution in [0.1, 0.15) is 31.4 Å². The molecule has 106 valence electrons. The van der Waals surface area contributed by atoms with E-state index in [4.69, 9.17) is 4.74 Å². The number of rotatable bonds is 4. The predicted octanol–water partition coefficient (Wildman–Crippen LogP) is 2.70. The van der Waals surface area contributed by atoms with E-state index in [-0.39, 0.29) is 11.6 Å². The number of likely N-dealkylation sites (N-methyl/N-ethyl adjacent to an activating group) is 1. The van der Waals surface area contributed by atoms with E-state index < -0.39 is 0 Å². The van der Waals surface area contributed by atoms with Crippen molar-refractivity contribution in [1.82, 2.24) is 15.1 Å². The maximum absolute atomic E-state index is 5.96. The summed E-state index contributed by atoms with van der Waals surface area (Å²) in [5, 5.41) is 7.87. The van der Waals surface area contributed by atoms with Crippen molar-refractivity contribution >= 4 is 0 Å². The molecule has 4 heteroatoms. The summed E-state index contributed by atoms with van der Waals surface area (Å²) in [6.45, 7) is 3.03. The second-order valence-electron chi connectivity index (χ2n) is 5.54. The first-order valence-corrected chi connectivity index (χ1v) is 7.14. The van der Waals surface area contributed by atoms with Gasteiger partial charge in [-0.25, -0.2) is 4.68 Å². The summed E-state index contributed by atoms with van der Waals surface area (Å²) in [7, 11) is 1.98. The Morgan fingerprint density at radius 3 is 2.80 bits per heavy atom. The number of nitrogens with zero attached hydrogens (tertiary/aromatic N) is 2. The highest BCUT2D eigenvalue weighted by Gasteiger charge is 2.39. The summed E-state index contributed by atoms with van der Waals surface area (Å²) in [4.78, 5) is 0. The Bertz CT molecular complexity index is 558. The fourth-order valence-electron chi connectivity index (χ4n) is 3.06. The molecule has 0 bridgehead atoms. The van der Waals surface area contributed by atoms with Crippen LogP contribution in [-0.2, 0) is 4.74 Å². The topological polar surface area (TPSA) is 39.1 Å². The maximum atomic E-state index is 5.96. The normalized spacial score (nSPS) is 23.9. The van der Waals surface area contributed by atoms with Gasteiger partial charge in [-0.05, 0) is 38.9 Å². The molecule has 0 spiro atoms. The molecule has 1 aliphatic rings. The SMILES string of the molecule is CNC(c1cnn(-c2ccccc2)c1)C1(C)CCCO1. The summed E-state index contributed by atoms with van der Waals surface area (Å²) in [5.74, 6) is 0. The summed E-state index contributed by atoms with van der Waals surface area (Å²) in [6.07, 6.45) is 6.22. The van der Waals surface area contributed by atoms with Gasteiger partial charge >= 0.3 is 0 Å². The Morgan fingerprint density at radius 2 is 2.15 bits per heavy atom. The van der Waals surface area contributed by atoms with Gasteiger partial charge in [0.25, 0.3) is 0 Å². The molecular weight excluding hydrogens is 250 g/mol. The van der Waals surface area contributed by atoms with Gasteiger partial charge in [-0.2, -0.15) is 5.10 Å². The van der Waals surface area contributed by atoms with Crippen molar-refractivity contribution < 1.29 is 4.74 Å². The van der Waals surface area contributed by atoms with E-state index in [1.807, 2.05) is 36.1 Å². The first-order valence-electron chi connectivity index (χ1n) is 7.14. The van der Waals surface area contributed by atoms with Crippen LogP contribution in [0.5, 0.6) is 0 Å². The lowest BCUT2D eigenvalue weighted by molar-refractivity contribution is -0.0104. The Labute approximate surface area is 119 Å². The largest absolute Gasteiger partial charge is 0.373 e. The molecule has 1 aromatic carbocycles. The quantitative estimate of drug-likeness (QED) is 0.929. The number of benzene rings is 1. The molecule has 1 aromatic heterocycles. The molecule has 0 radical (unpaired) electrons. The van der Waals surface area contributed by atoms with Crippen LogP contribution in [-0.4, -0.2) is 29.0 Å². The van der Waals surface area contributed by atoms with Crippen LogP contribution in [0.15, 0.2) is 42.7 Å². The lowest BCUT2D eigenvalue weighted by Crippen LogP contribution is -2.39. The van der Waals surface area contributed by atoms with Crippen molar-refractivity contribution in [3.63, 3.8) is 0 Å².